The van der Waals surface area contributed by atoms with Gasteiger partial charge in [0.1, 0.15) is 6.04 Å². The normalized spacial score (nSPS) is 28.0. The molecule has 1 aromatic rings. The van der Waals surface area contributed by atoms with E-state index >= 15 is 0 Å². The molecule has 3 unspecified atom stereocenters. The molecular formula is C18H21N3O3. The van der Waals surface area contributed by atoms with E-state index in [2.05, 4.69) is 22.8 Å². The lowest BCUT2D eigenvalue weighted by Gasteiger charge is -2.39. The van der Waals surface area contributed by atoms with Crippen LogP contribution in [0.4, 0.5) is 5.69 Å². The molecular weight excluding hydrogens is 306 g/mol. The molecule has 0 radical (unpaired) electrons. The summed E-state index contributed by atoms with van der Waals surface area (Å²) >= 11 is 0. The third kappa shape index (κ3) is 2.47. The first kappa shape index (κ1) is 15.2. The highest BCUT2D eigenvalue weighted by molar-refractivity contribution is 5.91. The first-order valence-electron chi connectivity index (χ1n) is 8.45. The lowest BCUT2D eigenvalue weighted by Crippen LogP contribution is -2.54. The summed E-state index contributed by atoms with van der Waals surface area (Å²) in [7, 11) is 0. The van der Waals surface area contributed by atoms with Crippen LogP contribution in [0.25, 0.3) is 0 Å². The number of nitrogens with zero attached hydrogens (tertiary/aromatic N) is 1. The molecule has 1 saturated heterocycles. The Labute approximate surface area is 140 Å². The summed E-state index contributed by atoms with van der Waals surface area (Å²) in [6.45, 7) is 3.10. The second-order valence-corrected chi connectivity index (χ2v) is 6.66. The van der Waals surface area contributed by atoms with Crippen LogP contribution in [0.5, 0.6) is 0 Å². The zero-order chi connectivity index (χ0) is 16.7. The average Bonchev–Trinajstić information content (AvgIpc) is 3.10. The van der Waals surface area contributed by atoms with Crippen LogP contribution in [0, 0.1) is 5.92 Å². The molecule has 0 bridgehead atoms. The van der Waals surface area contributed by atoms with Gasteiger partial charge in [-0.3, -0.25) is 4.79 Å². The van der Waals surface area contributed by atoms with Crippen LogP contribution in [-0.2, 0) is 4.79 Å². The fourth-order valence-corrected chi connectivity index (χ4v) is 4.06. The van der Waals surface area contributed by atoms with Crippen molar-refractivity contribution < 1.29 is 14.7 Å². The molecule has 126 valence electrons. The number of carbonyl (C=O) groups is 2. The highest BCUT2D eigenvalue weighted by Crippen LogP contribution is 2.45. The number of hydrogen-bond acceptors (Lipinski definition) is 4. The van der Waals surface area contributed by atoms with E-state index in [1.165, 1.54) is 0 Å². The van der Waals surface area contributed by atoms with Gasteiger partial charge in [0.05, 0.1) is 5.56 Å². The lowest BCUT2D eigenvalue weighted by molar-refractivity contribution is -0.133. The Hall–Kier alpha value is -2.34. The quantitative estimate of drug-likeness (QED) is 0.713. The van der Waals surface area contributed by atoms with Crippen LogP contribution < -0.4 is 10.6 Å². The smallest absolute Gasteiger partial charge is 0.335 e. The van der Waals surface area contributed by atoms with Crippen molar-refractivity contribution in [3.8, 4) is 0 Å². The van der Waals surface area contributed by atoms with Crippen molar-refractivity contribution in [1.82, 2.24) is 10.2 Å². The Morgan fingerprint density at radius 1 is 1.21 bits per heavy atom. The number of carboxylic acid groups (broad SMARTS) is 1. The Bertz CT molecular complexity index is 709. The summed E-state index contributed by atoms with van der Waals surface area (Å²) in [5, 5.41) is 15.8. The Morgan fingerprint density at radius 2 is 2.00 bits per heavy atom. The maximum absolute atomic E-state index is 13.0. The van der Waals surface area contributed by atoms with Gasteiger partial charge in [-0.1, -0.05) is 18.2 Å². The third-order valence-corrected chi connectivity index (χ3v) is 5.31. The van der Waals surface area contributed by atoms with Gasteiger partial charge in [-0.25, -0.2) is 4.79 Å². The predicted octanol–water partition coefficient (Wildman–Crippen LogP) is 1.27. The molecule has 4 rings (SSSR count). The molecule has 1 fully saturated rings. The highest BCUT2D eigenvalue weighted by atomic mass is 16.4. The Kier molecular flexibility index (Phi) is 3.76. The lowest BCUT2D eigenvalue weighted by atomic mass is 9.78. The first-order chi connectivity index (χ1) is 11.6. The van der Waals surface area contributed by atoms with E-state index in [9.17, 15) is 14.7 Å². The molecule has 1 amide bonds. The zero-order valence-electron chi connectivity index (χ0n) is 13.4. The van der Waals surface area contributed by atoms with Crippen LogP contribution in [0.3, 0.4) is 0 Å². The van der Waals surface area contributed by atoms with Crippen molar-refractivity contribution in [2.45, 2.75) is 18.4 Å². The molecule has 3 aliphatic rings. The van der Waals surface area contributed by atoms with Gasteiger partial charge in [-0.2, -0.15) is 0 Å². The SMILES string of the molecule is O=C(O)c1ccc2c(c1)NC(C(=O)N1CCNCC1)C1CC=CC21. The molecule has 6 heteroatoms. The molecule has 2 heterocycles. The monoisotopic (exact) mass is 327 g/mol. The van der Waals surface area contributed by atoms with Crippen molar-refractivity contribution in [3.05, 3.63) is 41.5 Å². The van der Waals surface area contributed by atoms with Gasteiger partial charge in [-0.15, -0.1) is 0 Å². The van der Waals surface area contributed by atoms with Crippen molar-refractivity contribution in [1.29, 1.82) is 0 Å². The molecule has 2 aliphatic heterocycles. The molecule has 1 aliphatic carbocycles. The van der Waals surface area contributed by atoms with Gasteiger partial charge in [0.15, 0.2) is 0 Å². The van der Waals surface area contributed by atoms with Gasteiger partial charge in [0.25, 0.3) is 0 Å². The number of fused-ring (bicyclic) bond motifs is 3. The summed E-state index contributed by atoms with van der Waals surface area (Å²) in [6, 6.07) is 4.88. The molecule has 0 spiro atoms. The highest BCUT2D eigenvalue weighted by Gasteiger charge is 2.42. The van der Waals surface area contributed by atoms with Crippen molar-refractivity contribution in [2.75, 3.05) is 31.5 Å². The second-order valence-electron chi connectivity index (χ2n) is 6.66. The number of carbonyl (C=O) groups excluding carboxylic acids is 1. The third-order valence-electron chi connectivity index (χ3n) is 5.31. The van der Waals surface area contributed by atoms with Crippen LogP contribution in [0.2, 0.25) is 0 Å². The fourth-order valence-electron chi connectivity index (χ4n) is 4.06. The number of amides is 1. The van der Waals surface area contributed by atoms with E-state index in [-0.39, 0.29) is 29.3 Å². The van der Waals surface area contributed by atoms with E-state index in [0.29, 0.717) is 0 Å². The van der Waals surface area contributed by atoms with Crippen LogP contribution >= 0.6 is 0 Å². The van der Waals surface area contributed by atoms with Gasteiger partial charge in [-0.05, 0) is 24.1 Å². The van der Waals surface area contributed by atoms with E-state index in [1.807, 2.05) is 11.0 Å². The largest absolute Gasteiger partial charge is 0.478 e. The number of allylic oxidation sites excluding steroid dienone is 2. The molecule has 0 saturated carbocycles. The maximum atomic E-state index is 13.0. The molecule has 3 atom stereocenters. The number of aromatic carboxylic acids is 1. The second kappa shape index (κ2) is 5.94. The molecule has 3 N–H and O–H groups in total. The van der Waals surface area contributed by atoms with Crippen molar-refractivity contribution >= 4 is 17.6 Å². The van der Waals surface area contributed by atoms with Gasteiger partial charge in [0, 0.05) is 43.7 Å². The zero-order valence-corrected chi connectivity index (χ0v) is 13.4. The minimum atomic E-state index is -0.950. The summed E-state index contributed by atoms with van der Waals surface area (Å²) < 4.78 is 0. The number of piperazine rings is 1. The molecule has 24 heavy (non-hydrogen) atoms. The van der Waals surface area contributed by atoms with Crippen LogP contribution in [0.1, 0.15) is 28.3 Å². The van der Waals surface area contributed by atoms with Crippen LogP contribution in [-0.4, -0.2) is 54.1 Å². The molecule has 6 nitrogen and oxygen atoms in total. The predicted molar refractivity (Wildman–Crippen MR) is 90.2 cm³/mol. The molecule has 0 aromatic heterocycles. The van der Waals surface area contributed by atoms with Gasteiger partial charge < -0.3 is 20.6 Å². The topological polar surface area (TPSA) is 81.7 Å². The minimum Gasteiger partial charge on any atom is -0.478 e. The van der Waals surface area contributed by atoms with E-state index in [4.69, 9.17) is 0 Å². The number of benzene rings is 1. The summed E-state index contributed by atoms with van der Waals surface area (Å²) in [4.78, 5) is 26.2. The van der Waals surface area contributed by atoms with E-state index in [1.54, 1.807) is 12.1 Å². The number of anilines is 1. The van der Waals surface area contributed by atoms with E-state index in [0.717, 1.165) is 43.9 Å². The summed E-state index contributed by atoms with van der Waals surface area (Å²) in [6.07, 6.45) is 5.17. The summed E-state index contributed by atoms with van der Waals surface area (Å²) in [5.74, 6) is -0.438. The number of carboxylic acids is 1. The fraction of sp³-hybridized carbons (Fsp3) is 0.444. The summed E-state index contributed by atoms with van der Waals surface area (Å²) in [5.41, 5.74) is 2.11. The Morgan fingerprint density at radius 3 is 2.75 bits per heavy atom. The van der Waals surface area contributed by atoms with Gasteiger partial charge in [0.2, 0.25) is 5.91 Å². The first-order valence-corrected chi connectivity index (χ1v) is 8.45. The average molecular weight is 327 g/mol. The molecule has 1 aromatic carbocycles. The number of nitrogens with one attached hydrogen (secondary N) is 2. The number of rotatable bonds is 2. The van der Waals surface area contributed by atoms with Crippen molar-refractivity contribution in [3.63, 3.8) is 0 Å². The maximum Gasteiger partial charge on any atom is 0.335 e. The van der Waals surface area contributed by atoms with E-state index < -0.39 is 5.97 Å². The van der Waals surface area contributed by atoms with Crippen molar-refractivity contribution in [2.24, 2.45) is 5.92 Å². The van der Waals surface area contributed by atoms with Gasteiger partial charge >= 0.3 is 5.97 Å². The minimum absolute atomic E-state index is 0.126. The Balaban J connectivity index is 1.66. The standard InChI is InChI=1S/C18H21N3O3/c22-17(21-8-6-19-7-9-21)16-14-3-1-2-12(14)13-5-4-11(18(23)24)10-15(13)20-16/h1-2,4-5,10,12,14,16,19-20H,3,6-9H2,(H,23,24). The van der Waals surface area contributed by atoms with Crippen LogP contribution in [0.15, 0.2) is 30.4 Å². The number of hydrogen-bond donors (Lipinski definition) is 3.